The van der Waals surface area contributed by atoms with E-state index in [1.807, 2.05) is 30.3 Å². The van der Waals surface area contributed by atoms with Gasteiger partial charge in [0.1, 0.15) is 5.15 Å². The lowest BCUT2D eigenvalue weighted by atomic mass is 10.1. The normalized spacial score (nSPS) is 11.0. The molecule has 74 valence electrons. The molecule has 0 aliphatic heterocycles. The highest BCUT2D eigenvalue weighted by Crippen LogP contribution is 2.17. The summed E-state index contributed by atoms with van der Waals surface area (Å²) in [5, 5.41) is 8.46. The van der Waals surface area contributed by atoms with Crippen molar-refractivity contribution < 1.29 is 0 Å². The minimum absolute atomic E-state index is 0.496. The fraction of sp³-hybridized carbons (Fsp3) is 0. The van der Waals surface area contributed by atoms with E-state index in [9.17, 15) is 0 Å². The third-order valence-corrected chi connectivity index (χ3v) is 2.28. The molecule has 1 N–H and O–H groups in total. The topological polar surface area (TPSA) is 36.7 Å². The van der Waals surface area contributed by atoms with E-state index < -0.39 is 0 Å². The standard InChI is InChI=1S/C12H9ClN2/c13-12-6-5-10-4-3-9(2-1-7-14)8-11(10)15-12/h1-8,14H/b2-1-,14-7?. The van der Waals surface area contributed by atoms with Crippen LogP contribution in [0.1, 0.15) is 5.56 Å². The van der Waals surface area contributed by atoms with Crippen LogP contribution in [0, 0.1) is 5.41 Å². The molecular weight excluding hydrogens is 208 g/mol. The Morgan fingerprint density at radius 2 is 2.00 bits per heavy atom. The molecule has 15 heavy (non-hydrogen) atoms. The summed E-state index contributed by atoms with van der Waals surface area (Å²) in [7, 11) is 0. The van der Waals surface area contributed by atoms with Gasteiger partial charge in [-0.3, -0.25) is 0 Å². The Labute approximate surface area is 92.7 Å². The largest absolute Gasteiger partial charge is 0.309 e. The lowest BCUT2D eigenvalue weighted by molar-refractivity contribution is 1.41. The maximum Gasteiger partial charge on any atom is 0.129 e. The van der Waals surface area contributed by atoms with Crippen molar-refractivity contribution in [2.75, 3.05) is 0 Å². The summed E-state index contributed by atoms with van der Waals surface area (Å²) in [6.07, 6.45) is 4.77. The molecule has 0 radical (unpaired) electrons. The van der Waals surface area contributed by atoms with E-state index in [4.69, 9.17) is 17.0 Å². The molecule has 2 rings (SSSR count). The van der Waals surface area contributed by atoms with E-state index in [2.05, 4.69) is 4.98 Å². The Bertz CT molecular complexity index is 532. The first kappa shape index (κ1) is 9.87. The first-order chi connectivity index (χ1) is 7.29. The Morgan fingerprint density at radius 1 is 1.20 bits per heavy atom. The first-order valence-electron chi connectivity index (χ1n) is 4.53. The zero-order valence-corrected chi connectivity index (χ0v) is 8.70. The molecule has 1 aromatic heterocycles. The molecule has 0 fully saturated rings. The van der Waals surface area contributed by atoms with E-state index in [-0.39, 0.29) is 0 Å². The van der Waals surface area contributed by atoms with Gasteiger partial charge in [-0.05, 0) is 29.8 Å². The van der Waals surface area contributed by atoms with Crippen LogP contribution in [0.4, 0.5) is 0 Å². The molecule has 0 aliphatic carbocycles. The molecule has 0 saturated heterocycles. The van der Waals surface area contributed by atoms with Crippen molar-refractivity contribution in [3.05, 3.63) is 47.1 Å². The Balaban J connectivity index is 2.54. The van der Waals surface area contributed by atoms with Crippen LogP contribution in [0.2, 0.25) is 5.15 Å². The van der Waals surface area contributed by atoms with Crippen LogP contribution in [0.3, 0.4) is 0 Å². The van der Waals surface area contributed by atoms with Gasteiger partial charge < -0.3 is 5.41 Å². The number of nitrogens with one attached hydrogen (secondary N) is 1. The van der Waals surface area contributed by atoms with Gasteiger partial charge in [0.15, 0.2) is 0 Å². The number of allylic oxidation sites excluding steroid dienone is 1. The van der Waals surface area contributed by atoms with E-state index in [0.29, 0.717) is 5.15 Å². The van der Waals surface area contributed by atoms with Gasteiger partial charge in [0.05, 0.1) is 5.52 Å². The van der Waals surface area contributed by atoms with Crippen molar-refractivity contribution in [2.24, 2.45) is 0 Å². The molecule has 1 aromatic carbocycles. The second-order valence-electron chi connectivity index (χ2n) is 3.11. The van der Waals surface area contributed by atoms with Crippen LogP contribution >= 0.6 is 11.6 Å². The van der Waals surface area contributed by atoms with Crippen molar-refractivity contribution in [2.45, 2.75) is 0 Å². The highest BCUT2D eigenvalue weighted by atomic mass is 35.5. The predicted molar refractivity (Wildman–Crippen MR) is 64.6 cm³/mol. The van der Waals surface area contributed by atoms with Crippen LogP contribution in [0.25, 0.3) is 17.0 Å². The predicted octanol–water partition coefficient (Wildman–Crippen LogP) is 3.55. The number of aromatic nitrogens is 1. The maximum atomic E-state index is 6.90. The number of fused-ring (bicyclic) bond motifs is 1. The van der Waals surface area contributed by atoms with Crippen molar-refractivity contribution in [3.8, 4) is 0 Å². The van der Waals surface area contributed by atoms with Crippen LogP contribution in [0.5, 0.6) is 0 Å². The van der Waals surface area contributed by atoms with Crippen molar-refractivity contribution in [3.63, 3.8) is 0 Å². The lowest BCUT2D eigenvalue weighted by Crippen LogP contribution is -1.80. The molecule has 2 nitrogen and oxygen atoms in total. The van der Waals surface area contributed by atoms with Gasteiger partial charge in [0.25, 0.3) is 0 Å². The van der Waals surface area contributed by atoms with Crippen LogP contribution < -0.4 is 0 Å². The summed E-state index contributed by atoms with van der Waals surface area (Å²) in [5.41, 5.74) is 1.88. The average molecular weight is 217 g/mol. The Kier molecular flexibility index (Phi) is 2.79. The van der Waals surface area contributed by atoms with Crippen molar-refractivity contribution in [1.29, 1.82) is 5.41 Å². The number of pyridine rings is 1. The van der Waals surface area contributed by atoms with Crippen LogP contribution in [-0.4, -0.2) is 11.2 Å². The van der Waals surface area contributed by atoms with E-state index in [1.54, 1.807) is 12.1 Å². The van der Waals surface area contributed by atoms with Gasteiger partial charge >= 0.3 is 0 Å². The Morgan fingerprint density at radius 3 is 2.80 bits per heavy atom. The highest BCUT2D eigenvalue weighted by Gasteiger charge is 1.96. The molecule has 0 bridgehead atoms. The fourth-order valence-corrected chi connectivity index (χ4v) is 1.53. The zero-order valence-electron chi connectivity index (χ0n) is 7.94. The number of rotatable bonds is 2. The van der Waals surface area contributed by atoms with Gasteiger partial charge in [-0.2, -0.15) is 0 Å². The van der Waals surface area contributed by atoms with Crippen molar-refractivity contribution in [1.82, 2.24) is 4.98 Å². The summed E-state index contributed by atoms with van der Waals surface area (Å²) in [4.78, 5) is 4.22. The molecule has 0 spiro atoms. The van der Waals surface area contributed by atoms with Crippen LogP contribution in [-0.2, 0) is 0 Å². The summed E-state index contributed by atoms with van der Waals surface area (Å²) in [6, 6.07) is 9.63. The number of nitrogens with zero attached hydrogens (tertiary/aromatic N) is 1. The molecule has 0 unspecified atom stereocenters. The SMILES string of the molecule is N=C/C=C\c1ccc2ccc(Cl)nc2c1. The fourth-order valence-electron chi connectivity index (χ4n) is 1.37. The third kappa shape index (κ3) is 2.22. The van der Waals surface area contributed by atoms with Gasteiger partial charge in [0.2, 0.25) is 0 Å². The number of halogens is 1. The molecule has 0 saturated carbocycles. The smallest absolute Gasteiger partial charge is 0.129 e. The van der Waals surface area contributed by atoms with E-state index in [0.717, 1.165) is 16.5 Å². The number of hydrogen-bond acceptors (Lipinski definition) is 2. The summed E-state index contributed by atoms with van der Waals surface area (Å²) in [5.74, 6) is 0. The van der Waals surface area contributed by atoms with Crippen molar-refractivity contribution >= 4 is 34.8 Å². The molecule has 0 atom stereocenters. The number of hydrogen-bond donors (Lipinski definition) is 1. The molecular formula is C12H9ClN2. The minimum Gasteiger partial charge on any atom is -0.309 e. The Hall–Kier alpha value is -1.67. The summed E-state index contributed by atoms with van der Waals surface area (Å²) < 4.78 is 0. The average Bonchev–Trinajstić information content (AvgIpc) is 2.25. The monoisotopic (exact) mass is 216 g/mol. The molecule has 0 aliphatic rings. The third-order valence-electron chi connectivity index (χ3n) is 2.07. The van der Waals surface area contributed by atoms with E-state index >= 15 is 0 Å². The summed E-state index contributed by atoms with van der Waals surface area (Å²) >= 11 is 5.81. The van der Waals surface area contributed by atoms with Gasteiger partial charge in [-0.1, -0.05) is 29.8 Å². The quantitative estimate of drug-likeness (QED) is 0.605. The number of benzene rings is 1. The van der Waals surface area contributed by atoms with Crippen LogP contribution in [0.15, 0.2) is 36.4 Å². The minimum atomic E-state index is 0.496. The van der Waals surface area contributed by atoms with Gasteiger partial charge in [-0.15, -0.1) is 0 Å². The molecule has 3 heteroatoms. The van der Waals surface area contributed by atoms with Gasteiger partial charge in [-0.25, -0.2) is 4.98 Å². The molecule has 2 aromatic rings. The second-order valence-corrected chi connectivity index (χ2v) is 3.50. The maximum absolute atomic E-state index is 6.90. The first-order valence-corrected chi connectivity index (χ1v) is 4.91. The van der Waals surface area contributed by atoms with E-state index in [1.165, 1.54) is 6.21 Å². The summed E-state index contributed by atoms with van der Waals surface area (Å²) in [6.45, 7) is 0. The highest BCUT2D eigenvalue weighted by molar-refractivity contribution is 6.29. The van der Waals surface area contributed by atoms with Gasteiger partial charge in [0, 0.05) is 11.6 Å². The second kappa shape index (κ2) is 4.24. The lowest BCUT2D eigenvalue weighted by Gasteiger charge is -1.99. The molecule has 1 heterocycles. The zero-order chi connectivity index (χ0) is 10.7. The molecule has 0 amide bonds.